The summed E-state index contributed by atoms with van der Waals surface area (Å²) in [5, 5.41) is 2.41. The van der Waals surface area contributed by atoms with Crippen LogP contribution in [0.15, 0.2) is 48.0 Å². The number of nitrogens with zero attached hydrogens (tertiary/aromatic N) is 1. The average molecular weight is 370 g/mol. The van der Waals surface area contributed by atoms with Crippen molar-refractivity contribution >= 4 is 40.9 Å². The lowest BCUT2D eigenvalue weighted by molar-refractivity contribution is -0.122. The Morgan fingerprint density at radius 2 is 1.81 bits per heavy atom. The van der Waals surface area contributed by atoms with Crippen molar-refractivity contribution in [2.75, 3.05) is 11.7 Å². The fourth-order valence-corrected chi connectivity index (χ4v) is 2.93. The molecule has 1 fully saturated rings. The molecule has 2 aromatic rings. The molecule has 0 atom stereocenters. The topological polar surface area (TPSA) is 67.9 Å². The Bertz CT molecular complexity index is 972. The first-order valence-electron chi connectivity index (χ1n) is 7.59. The summed E-state index contributed by atoms with van der Waals surface area (Å²) in [4.78, 5) is 26.2. The molecule has 2 amide bonds. The Morgan fingerprint density at radius 3 is 2.58 bits per heavy atom. The molecule has 6 nitrogen and oxygen atoms in total. The van der Waals surface area contributed by atoms with E-state index in [2.05, 4.69) is 5.32 Å². The van der Waals surface area contributed by atoms with Gasteiger partial charge in [-0.15, -0.1) is 0 Å². The molecule has 0 aliphatic carbocycles. The van der Waals surface area contributed by atoms with Crippen molar-refractivity contribution in [1.29, 1.82) is 0 Å². The van der Waals surface area contributed by atoms with Crippen LogP contribution in [0, 0.1) is 5.82 Å². The van der Waals surface area contributed by atoms with E-state index in [9.17, 15) is 14.0 Å². The second-order valence-corrected chi connectivity index (χ2v) is 5.93. The first-order chi connectivity index (χ1) is 12.5. The summed E-state index contributed by atoms with van der Waals surface area (Å²) in [6.45, 7) is 0.126. The maximum Gasteiger partial charge on any atom is 0.270 e. The van der Waals surface area contributed by atoms with E-state index in [1.807, 2.05) is 0 Å². The average Bonchev–Trinajstić information content (AvgIpc) is 3.08. The van der Waals surface area contributed by atoms with Crippen molar-refractivity contribution in [2.45, 2.75) is 0 Å². The van der Waals surface area contributed by atoms with Crippen LogP contribution in [-0.4, -0.2) is 23.7 Å². The summed E-state index contributed by atoms with van der Waals surface area (Å²) in [5.74, 6) is -0.502. The number of hydrogen-bond acceptors (Lipinski definition) is 5. The highest BCUT2D eigenvalue weighted by Crippen LogP contribution is 2.33. The van der Waals surface area contributed by atoms with Gasteiger partial charge in [0.25, 0.3) is 11.8 Å². The fraction of sp³-hybridized carbons (Fsp3) is 0.0556. The maximum absolute atomic E-state index is 13.1. The van der Waals surface area contributed by atoms with Gasteiger partial charge in [0, 0.05) is 0 Å². The minimum atomic E-state index is -0.601. The van der Waals surface area contributed by atoms with Gasteiger partial charge in [-0.2, -0.15) is 0 Å². The molecule has 0 spiro atoms. The van der Waals surface area contributed by atoms with Crippen molar-refractivity contribution in [3.63, 3.8) is 0 Å². The Kier molecular flexibility index (Phi) is 3.89. The number of fused-ring (bicyclic) bond motifs is 1. The molecule has 8 heteroatoms. The van der Waals surface area contributed by atoms with Crippen LogP contribution in [0.25, 0.3) is 6.08 Å². The number of ether oxygens (including phenoxy) is 2. The van der Waals surface area contributed by atoms with Crippen LogP contribution in [-0.2, 0) is 9.59 Å². The zero-order chi connectivity index (χ0) is 18.3. The number of carbonyl (C=O) groups is 2. The van der Waals surface area contributed by atoms with Gasteiger partial charge in [0.2, 0.25) is 6.79 Å². The van der Waals surface area contributed by atoms with E-state index in [4.69, 9.17) is 21.7 Å². The van der Waals surface area contributed by atoms with Gasteiger partial charge in [-0.3, -0.25) is 19.8 Å². The second-order valence-electron chi connectivity index (χ2n) is 5.55. The second kappa shape index (κ2) is 6.23. The fourth-order valence-electron chi connectivity index (χ4n) is 2.65. The molecule has 0 aromatic heterocycles. The third kappa shape index (κ3) is 2.80. The summed E-state index contributed by atoms with van der Waals surface area (Å²) in [5.41, 5.74) is 0.861. The van der Waals surface area contributed by atoms with E-state index in [1.54, 1.807) is 18.2 Å². The van der Waals surface area contributed by atoms with Crippen molar-refractivity contribution in [1.82, 2.24) is 5.32 Å². The van der Waals surface area contributed by atoms with Gasteiger partial charge >= 0.3 is 0 Å². The molecule has 4 rings (SSSR count). The summed E-state index contributed by atoms with van der Waals surface area (Å²) >= 11 is 5.09. The lowest BCUT2D eigenvalue weighted by Crippen LogP contribution is -2.54. The third-order valence-electron chi connectivity index (χ3n) is 3.89. The van der Waals surface area contributed by atoms with Gasteiger partial charge in [0.05, 0.1) is 5.69 Å². The van der Waals surface area contributed by atoms with E-state index in [0.29, 0.717) is 22.7 Å². The normalized spacial score (nSPS) is 17.7. The minimum absolute atomic E-state index is 0.0607. The smallest absolute Gasteiger partial charge is 0.270 e. The third-order valence-corrected chi connectivity index (χ3v) is 4.18. The predicted molar refractivity (Wildman–Crippen MR) is 95.2 cm³/mol. The lowest BCUT2D eigenvalue weighted by atomic mass is 10.1. The lowest BCUT2D eigenvalue weighted by Gasteiger charge is -2.28. The van der Waals surface area contributed by atoms with E-state index >= 15 is 0 Å². The van der Waals surface area contributed by atoms with Crippen LogP contribution in [0.2, 0.25) is 0 Å². The molecule has 2 aliphatic heterocycles. The number of halogens is 1. The van der Waals surface area contributed by atoms with Crippen molar-refractivity contribution < 1.29 is 23.5 Å². The first-order valence-corrected chi connectivity index (χ1v) is 8.00. The number of anilines is 1. The van der Waals surface area contributed by atoms with Gasteiger partial charge in [0.1, 0.15) is 11.4 Å². The minimum Gasteiger partial charge on any atom is -0.454 e. The van der Waals surface area contributed by atoms with Gasteiger partial charge < -0.3 is 9.47 Å². The summed E-state index contributed by atoms with van der Waals surface area (Å²) in [7, 11) is 0. The van der Waals surface area contributed by atoms with E-state index in [1.165, 1.54) is 30.3 Å². The molecule has 2 aromatic carbocycles. The van der Waals surface area contributed by atoms with Crippen LogP contribution < -0.4 is 19.7 Å². The zero-order valence-corrected chi connectivity index (χ0v) is 14.0. The van der Waals surface area contributed by atoms with E-state index < -0.39 is 17.6 Å². The summed E-state index contributed by atoms with van der Waals surface area (Å²) < 4.78 is 23.7. The van der Waals surface area contributed by atoms with Crippen molar-refractivity contribution in [3.05, 3.63) is 59.4 Å². The molecule has 0 saturated carbocycles. The van der Waals surface area contributed by atoms with Crippen LogP contribution in [0.4, 0.5) is 10.1 Å². The highest BCUT2D eigenvalue weighted by Gasteiger charge is 2.34. The molecular weight excluding hydrogens is 359 g/mol. The highest BCUT2D eigenvalue weighted by molar-refractivity contribution is 7.80. The number of amides is 2. The highest BCUT2D eigenvalue weighted by atomic mass is 32.1. The largest absolute Gasteiger partial charge is 0.454 e. The summed E-state index contributed by atoms with van der Waals surface area (Å²) in [6.07, 6.45) is 1.44. The van der Waals surface area contributed by atoms with Gasteiger partial charge in [-0.05, 0) is 60.3 Å². The molecule has 0 bridgehead atoms. The van der Waals surface area contributed by atoms with E-state index in [-0.39, 0.29) is 17.5 Å². The summed E-state index contributed by atoms with van der Waals surface area (Å²) in [6, 6.07) is 10.3. The molecule has 2 aliphatic rings. The molecule has 130 valence electrons. The van der Waals surface area contributed by atoms with Crippen LogP contribution >= 0.6 is 12.2 Å². The number of nitrogens with one attached hydrogen (secondary N) is 1. The van der Waals surface area contributed by atoms with E-state index in [0.717, 1.165) is 4.90 Å². The Labute approximate surface area is 152 Å². The van der Waals surface area contributed by atoms with Crippen LogP contribution in [0.5, 0.6) is 11.5 Å². The van der Waals surface area contributed by atoms with Crippen LogP contribution in [0.3, 0.4) is 0 Å². The molecule has 0 unspecified atom stereocenters. The predicted octanol–water partition coefficient (Wildman–Crippen LogP) is 2.39. The van der Waals surface area contributed by atoms with Gasteiger partial charge in [-0.25, -0.2) is 4.39 Å². The monoisotopic (exact) mass is 370 g/mol. The first kappa shape index (κ1) is 16.2. The molecular formula is C18H11FN2O4S. The Morgan fingerprint density at radius 1 is 1.08 bits per heavy atom. The van der Waals surface area contributed by atoms with Crippen molar-refractivity contribution in [2.24, 2.45) is 0 Å². The molecule has 26 heavy (non-hydrogen) atoms. The Hall–Kier alpha value is -3.26. The van der Waals surface area contributed by atoms with Gasteiger partial charge in [0.15, 0.2) is 16.6 Å². The quantitative estimate of drug-likeness (QED) is 0.500. The standard InChI is InChI=1S/C18H11FN2O4S/c19-11-2-4-12(5-3-11)21-17(23)13(16(22)20-18(21)26)7-10-1-6-14-15(8-10)25-9-24-14/h1-8H,9H2,(H,20,22,26)/b13-7+. The maximum atomic E-state index is 13.1. The molecule has 1 saturated heterocycles. The number of hydrogen-bond donors (Lipinski definition) is 1. The molecule has 1 N–H and O–H groups in total. The zero-order valence-electron chi connectivity index (χ0n) is 13.2. The van der Waals surface area contributed by atoms with Gasteiger partial charge in [-0.1, -0.05) is 6.07 Å². The Balaban J connectivity index is 1.71. The number of carbonyl (C=O) groups excluding carboxylic acids is 2. The SMILES string of the molecule is O=C1NC(=S)N(c2ccc(F)cc2)C(=O)/C1=C/c1ccc2c(c1)OCO2. The molecule has 2 heterocycles. The number of rotatable bonds is 2. The van der Waals surface area contributed by atoms with Crippen molar-refractivity contribution in [3.8, 4) is 11.5 Å². The van der Waals surface area contributed by atoms with Crippen LogP contribution in [0.1, 0.15) is 5.56 Å². The molecule has 0 radical (unpaired) electrons. The number of thiocarbonyl (C=S) groups is 1. The number of benzene rings is 2.